The number of aromatic nitrogens is 3. The molecule has 0 radical (unpaired) electrons. The van der Waals surface area contributed by atoms with E-state index < -0.39 is 0 Å². The van der Waals surface area contributed by atoms with Crippen molar-refractivity contribution in [2.45, 2.75) is 49.0 Å². The Kier molecular flexibility index (Phi) is 16.0. The van der Waals surface area contributed by atoms with Crippen LogP contribution in [0.15, 0.2) is 55.1 Å². The zero-order chi connectivity index (χ0) is 19.8. The number of carbonyl (C=O) groups excluding carboxylic acids is 1. The van der Waals surface area contributed by atoms with Gasteiger partial charge in [0.2, 0.25) is 0 Å². The molecule has 2 amide bonds. The summed E-state index contributed by atoms with van der Waals surface area (Å²) in [5, 5.41) is 6.27. The minimum Gasteiger partial charge on any atom is -0.307 e. The van der Waals surface area contributed by atoms with Crippen molar-refractivity contribution in [2.24, 2.45) is 0 Å². The molecule has 0 aliphatic carbocycles. The van der Waals surface area contributed by atoms with Crippen molar-refractivity contribution < 1.29 is 4.79 Å². The summed E-state index contributed by atoms with van der Waals surface area (Å²) >= 11 is 0. The van der Waals surface area contributed by atoms with E-state index in [1.165, 1.54) is 12.4 Å². The standard InChI is InChI=1S/C14H11N5O.3C2H6.CH4/c20-14(19-13-9-15-7-8-17-13)18-12-5-6-16-11-4-2-1-3-10(11)12;3*1-2;/h1-9H,(H2,16,17,18,19,20);3*1-2H3;1H4. The quantitative estimate of drug-likeness (QED) is 0.547. The summed E-state index contributed by atoms with van der Waals surface area (Å²) in [5.41, 5.74) is 1.52. The molecule has 3 aromatic rings. The monoisotopic (exact) mass is 371 g/mol. The number of urea groups is 1. The Morgan fingerprint density at radius 2 is 1.48 bits per heavy atom. The minimum atomic E-state index is -0.373. The van der Waals surface area contributed by atoms with Gasteiger partial charge in [0.25, 0.3) is 0 Å². The Bertz CT molecular complexity index is 742. The van der Waals surface area contributed by atoms with Crippen LogP contribution in [0.3, 0.4) is 0 Å². The summed E-state index contributed by atoms with van der Waals surface area (Å²) < 4.78 is 0. The lowest BCUT2D eigenvalue weighted by Crippen LogP contribution is -2.20. The van der Waals surface area contributed by atoms with Gasteiger partial charge in [0.15, 0.2) is 5.82 Å². The Hall–Kier alpha value is -3.02. The number of benzene rings is 1. The van der Waals surface area contributed by atoms with Gasteiger partial charge in [-0.15, -0.1) is 0 Å². The van der Waals surface area contributed by atoms with E-state index in [1.807, 2.05) is 65.8 Å². The third-order valence-corrected chi connectivity index (χ3v) is 2.70. The fraction of sp³-hybridized carbons (Fsp3) is 0.333. The highest BCUT2D eigenvalue weighted by Gasteiger charge is 2.06. The Morgan fingerprint density at radius 1 is 0.815 bits per heavy atom. The van der Waals surface area contributed by atoms with E-state index in [1.54, 1.807) is 18.5 Å². The zero-order valence-corrected chi connectivity index (χ0v) is 16.4. The molecule has 0 unspecified atom stereocenters. The normalized spacial score (nSPS) is 8.22. The first-order chi connectivity index (χ1) is 12.8. The van der Waals surface area contributed by atoms with E-state index in [0.717, 1.165) is 10.9 Å². The molecule has 0 saturated heterocycles. The molecular weight excluding hydrogens is 338 g/mol. The predicted octanol–water partition coefficient (Wildman–Crippen LogP) is 6.38. The van der Waals surface area contributed by atoms with Gasteiger partial charge in [0.05, 0.1) is 17.4 Å². The number of hydrogen-bond acceptors (Lipinski definition) is 4. The molecule has 2 N–H and O–H groups in total. The number of hydrogen-bond donors (Lipinski definition) is 2. The van der Waals surface area contributed by atoms with Gasteiger partial charge >= 0.3 is 6.03 Å². The third kappa shape index (κ3) is 8.76. The van der Waals surface area contributed by atoms with Gasteiger partial charge in [-0.3, -0.25) is 15.3 Å². The summed E-state index contributed by atoms with van der Waals surface area (Å²) in [6, 6.07) is 8.97. The number of amides is 2. The van der Waals surface area contributed by atoms with Gasteiger partial charge in [-0.05, 0) is 12.1 Å². The number of para-hydroxylation sites is 1. The molecule has 0 spiro atoms. The lowest BCUT2D eigenvalue weighted by Gasteiger charge is -2.08. The molecule has 6 heteroatoms. The van der Waals surface area contributed by atoms with E-state index >= 15 is 0 Å². The predicted molar refractivity (Wildman–Crippen MR) is 117 cm³/mol. The smallest absolute Gasteiger partial charge is 0.307 e. The lowest BCUT2D eigenvalue weighted by atomic mass is 10.2. The number of rotatable bonds is 2. The van der Waals surface area contributed by atoms with E-state index in [-0.39, 0.29) is 13.5 Å². The average molecular weight is 372 g/mol. The fourth-order valence-corrected chi connectivity index (χ4v) is 1.84. The van der Waals surface area contributed by atoms with Crippen LogP contribution in [0.1, 0.15) is 49.0 Å². The molecule has 148 valence electrons. The Labute approximate surface area is 163 Å². The van der Waals surface area contributed by atoms with Crippen LogP contribution >= 0.6 is 0 Å². The van der Waals surface area contributed by atoms with Gasteiger partial charge < -0.3 is 5.32 Å². The second kappa shape index (κ2) is 16.4. The molecule has 2 heterocycles. The van der Waals surface area contributed by atoms with Gasteiger partial charge in [-0.25, -0.2) is 9.78 Å². The van der Waals surface area contributed by atoms with Crippen LogP contribution in [0.4, 0.5) is 16.3 Å². The van der Waals surface area contributed by atoms with Crippen LogP contribution in [0.5, 0.6) is 0 Å². The second-order valence-electron chi connectivity index (χ2n) is 4.05. The van der Waals surface area contributed by atoms with E-state index in [9.17, 15) is 4.79 Å². The molecule has 0 saturated carbocycles. The second-order valence-corrected chi connectivity index (χ2v) is 4.05. The van der Waals surface area contributed by atoms with Crippen LogP contribution in [-0.4, -0.2) is 21.0 Å². The Morgan fingerprint density at radius 3 is 2.11 bits per heavy atom. The molecule has 0 aliphatic rings. The zero-order valence-electron chi connectivity index (χ0n) is 16.4. The molecule has 27 heavy (non-hydrogen) atoms. The number of fused-ring (bicyclic) bond motifs is 1. The molecule has 2 aromatic heterocycles. The maximum Gasteiger partial charge on any atom is 0.324 e. The van der Waals surface area contributed by atoms with Crippen molar-refractivity contribution in [3.8, 4) is 0 Å². The van der Waals surface area contributed by atoms with Crippen LogP contribution in [0.25, 0.3) is 10.9 Å². The van der Waals surface area contributed by atoms with Crippen LogP contribution in [0, 0.1) is 0 Å². The first-order valence-electron chi connectivity index (χ1n) is 9.01. The highest BCUT2D eigenvalue weighted by molar-refractivity contribution is 6.04. The highest BCUT2D eigenvalue weighted by Crippen LogP contribution is 2.20. The number of pyridine rings is 1. The fourth-order valence-electron chi connectivity index (χ4n) is 1.84. The average Bonchev–Trinajstić information content (AvgIpc) is 2.73. The molecule has 3 rings (SSSR count). The first-order valence-corrected chi connectivity index (χ1v) is 9.01. The molecule has 0 bridgehead atoms. The van der Waals surface area contributed by atoms with Gasteiger partial charge in [-0.1, -0.05) is 67.2 Å². The molecular formula is C21H33N5O. The number of nitrogens with one attached hydrogen (secondary N) is 2. The van der Waals surface area contributed by atoms with Gasteiger partial charge in [-0.2, -0.15) is 0 Å². The maximum atomic E-state index is 11.9. The van der Waals surface area contributed by atoms with Crippen molar-refractivity contribution in [1.82, 2.24) is 15.0 Å². The van der Waals surface area contributed by atoms with E-state index in [0.29, 0.717) is 11.5 Å². The summed E-state index contributed by atoms with van der Waals surface area (Å²) in [4.78, 5) is 24.0. The van der Waals surface area contributed by atoms with Crippen LogP contribution in [-0.2, 0) is 0 Å². The minimum absolute atomic E-state index is 0. The van der Waals surface area contributed by atoms with Crippen molar-refractivity contribution in [1.29, 1.82) is 0 Å². The number of anilines is 2. The van der Waals surface area contributed by atoms with Crippen molar-refractivity contribution in [3.63, 3.8) is 0 Å². The molecule has 6 nitrogen and oxygen atoms in total. The van der Waals surface area contributed by atoms with Crippen molar-refractivity contribution in [2.75, 3.05) is 10.6 Å². The molecule has 0 aliphatic heterocycles. The van der Waals surface area contributed by atoms with E-state index in [2.05, 4.69) is 25.6 Å². The third-order valence-electron chi connectivity index (χ3n) is 2.70. The largest absolute Gasteiger partial charge is 0.324 e. The number of carbonyl (C=O) groups is 1. The maximum absolute atomic E-state index is 11.9. The summed E-state index contributed by atoms with van der Waals surface area (Å²) in [6.45, 7) is 12.0. The molecule has 0 atom stereocenters. The topological polar surface area (TPSA) is 79.8 Å². The summed E-state index contributed by atoms with van der Waals surface area (Å²) in [7, 11) is 0. The first kappa shape index (κ1) is 26.2. The lowest BCUT2D eigenvalue weighted by molar-refractivity contribution is 0.262. The van der Waals surface area contributed by atoms with E-state index in [4.69, 9.17) is 0 Å². The van der Waals surface area contributed by atoms with Gasteiger partial charge in [0.1, 0.15) is 0 Å². The highest BCUT2D eigenvalue weighted by atomic mass is 16.2. The molecule has 0 fully saturated rings. The van der Waals surface area contributed by atoms with Crippen molar-refractivity contribution in [3.05, 3.63) is 55.1 Å². The summed E-state index contributed by atoms with van der Waals surface area (Å²) in [5.74, 6) is 0.392. The SMILES string of the molecule is C.CC.CC.CC.O=C(Nc1cnccn1)Nc1ccnc2ccccc12. The summed E-state index contributed by atoms with van der Waals surface area (Å²) in [6.07, 6.45) is 6.18. The molecule has 1 aromatic carbocycles. The van der Waals surface area contributed by atoms with Crippen LogP contribution < -0.4 is 10.6 Å². The Balaban J connectivity index is 0. The van der Waals surface area contributed by atoms with Crippen molar-refractivity contribution >= 4 is 28.4 Å². The number of nitrogens with zero attached hydrogens (tertiary/aromatic N) is 3. The van der Waals surface area contributed by atoms with Gasteiger partial charge in [0, 0.05) is 24.0 Å². The van der Waals surface area contributed by atoms with Crippen LogP contribution in [0.2, 0.25) is 0 Å².